The second-order valence-corrected chi connectivity index (χ2v) is 6.20. The minimum absolute atomic E-state index is 0.805. The Morgan fingerprint density at radius 1 is 1.31 bits per heavy atom. The minimum atomic E-state index is 0.805. The van der Waals surface area contributed by atoms with Gasteiger partial charge in [-0.25, -0.2) is 0 Å². The zero-order valence-corrected chi connectivity index (χ0v) is 11.9. The average molecular weight is 317 g/mol. The van der Waals surface area contributed by atoms with Gasteiger partial charge in [-0.05, 0) is 52.7 Å². The van der Waals surface area contributed by atoms with E-state index in [0.717, 1.165) is 21.0 Å². The van der Waals surface area contributed by atoms with E-state index in [4.69, 9.17) is 11.6 Å². The van der Waals surface area contributed by atoms with Crippen molar-refractivity contribution in [2.75, 3.05) is 5.32 Å². The maximum atomic E-state index is 5.88. The molecule has 0 aliphatic heterocycles. The summed E-state index contributed by atoms with van der Waals surface area (Å²) in [6.45, 7) is 2.88. The van der Waals surface area contributed by atoms with E-state index < -0.39 is 0 Å². The van der Waals surface area contributed by atoms with Crippen LogP contribution >= 0.6 is 38.9 Å². The Kier molecular flexibility index (Phi) is 3.90. The molecule has 0 bridgehead atoms. The van der Waals surface area contributed by atoms with Gasteiger partial charge in [0.25, 0.3) is 0 Å². The van der Waals surface area contributed by atoms with Crippen LogP contribution < -0.4 is 5.32 Å². The highest BCUT2D eigenvalue weighted by Crippen LogP contribution is 2.26. The van der Waals surface area contributed by atoms with Gasteiger partial charge in [0.05, 0.1) is 4.34 Å². The predicted octanol–water partition coefficient (Wildman–Crippen LogP) is 5.08. The Morgan fingerprint density at radius 3 is 2.75 bits per heavy atom. The zero-order valence-electron chi connectivity index (χ0n) is 8.76. The van der Waals surface area contributed by atoms with Crippen molar-refractivity contribution in [1.82, 2.24) is 0 Å². The highest BCUT2D eigenvalue weighted by molar-refractivity contribution is 9.10. The van der Waals surface area contributed by atoms with Crippen LogP contribution in [0.4, 0.5) is 5.69 Å². The summed E-state index contributed by atoms with van der Waals surface area (Å²) in [5.74, 6) is 0. The van der Waals surface area contributed by atoms with Gasteiger partial charge in [-0.1, -0.05) is 17.7 Å². The van der Waals surface area contributed by atoms with E-state index in [1.807, 2.05) is 12.1 Å². The van der Waals surface area contributed by atoms with Gasteiger partial charge in [0.15, 0.2) is 0 Å². The fourth-order valence-corrected chi connectivity index (χ4v) is 3.05. The lowest BCUT2D eigenvalue weighted by molar-refractivity contribution is 1.19. The van der Waals surface area contributed by atoms with Crippen molar-refractivity contribution >= 4 is 44.6 Å². The molecule has 1 nitrogen and oxygen atoms in total. The Morgan fingerprint density at radius 2 is 2.12 bits per heavy atom. The summed E-state index contributed by atoms with van der Waals surface area (Å²) < 4.78 is 1.93. The lowest BCUT2D eigenvalue weighted by Crippen LogP contribution is -1.98. The molecule has 1 aromatic carbocycles. The molecule has 0 atom stereocenters. The normalized spacial score (nSPS) is 10.4. The van der Waals surface area contributed by atoms with Gasteiger partial charge in [0.1, 0.15) is 0 Å². The van der Waals surface area contributed by atoms with Crippen LogP contribution in [0.5, 0.6) is 0 Å². The highest BCUT2D eigenvalue weighted by atomic mass is 79.9. The van der Waals surface area contributed by atoms with Crippen LogP contribution in [-0.4, -0.2) is 0 Å². The number of hydrogen-bond donors (Lipinski definition) is 1. The van der Waals surface area contributed by atoms with Crippen molar-refractivity contribution in [3.63, 3.8) is 0 Å². The molecule has 0 aliphatic carbocycles. The van der Waals surface area contributed by atoms with Gasteiger partial charge in [-0.15, -0.1) is 11.3 Å². The number of thiophene rings is 1. The maximum Gasteiger partial charge on any atom is 0.0931 e. The SMILES string of the molecule is Cc1ccc(NCc2ccc(Cl)s2)c(Br)c1. The monoisotopic (exact) mass is 315 g/mol. The average Bonchev–Trinajstić information content (AvgIpc) is 2.63. The third-order valence-electron chi connectivity index (χ3n) is 2.21. The number of aryl methyl sites for hydroxylation is 1. The molecule has 0 radical (unpaired) electrons. The van der Waals surface area contributed by atoms with Crippen LogP contribution in [0.2, 0.25) is 4.34 Å². The van der Waals surface area contributed by atoms with E-state index >= 15 is 0 Å². The molecule has 1 aromatic heterocycles. The lowest BCUT2D eigenvalue weighted by atomic mass is 10.2. The van der Waals surface area contributed by atoms with Gasteiger partial charge < -0.3 is 5.32 Å². The van der Waals surface area contributed by atoms with E-state index in [9.17, 15) is 0 Å². The fraction of sp³-hybridized carbons (Fsp3) is 0.167. The molecule has 1 heterocycles. The number of hydrogen-bond acceptors (Lipinski definition) is 2. The Hall–Kier alpha value is -0.510. The zero-order chi connectivity index (χ0) is 11.5. The van der Waals surface area contributed by atoms with E-state index in [1.165, 1.54) is 10.4 Å². The summed E-state index contributed by atoms with van der Waals surface area (Å²) in [5.41, 5.74) is 2.35. The first-order valence-corrected chi connectivity index (χ1v) is 6.88. The largest absolute Gasteiger partial charge is 0.379 e. The summed E-state index contributed by atoms with van der Waals surface area (Å²) in [6.07, 6.45) is 0. The molecule has 0 fully saturated rings. The van der Waals surface area contributed by atoms with E-state index in [0.29, 0.717) is 0 Å². The summed E-state index contributed by atoms with van der Waals surface area (Å²) in [7, 11) is 0. The quantitative estimate of drug-likeness (QED) is 0.832. The van der Waals surface area contributed by atoms with Crippen LogP contribution in [0.1, 0.15) is 10.4 Å². The Bertz CT molecular complexity index is 496. The first kappa shape index (κ1) is 12.0. The summed E-state index contributed by atoms with van der Waals surface area (Å²) in [4.78, 5) is 1.23. The second-order valence-electron chi connectivity index (χ2n) is 3.54. The number of rotatable bonds is 3. The van der Waals surface area contributed by atoms with Crippen molar-refractivity contribution in [3.8, 4) is 0 Å². The fourth-order valence-electron chi connectivity index (χ4n) is 1.39. The lowest BCUT2D eigenvalue weighted by Gasteiger charge is -2.07. The molecular weight excluding hydrogens is 306 g/mol. The van der Waals surface area contributed by atoms with Crippen molar-refractivity contribution < 1.29 is 0 Å². The highest BCUT2D eigenvalue weighted by Gasteiger charge is 2.01. The molecule has 4 heteroatoms. The third kappa shape index (κ3) is 3.00. The van der Waals surface area contributed by atoms with Crippen LogP contribution in [0.25, 0.3) is 0 Å². The van der Waals surface area contributed by atoms with Gasteiger partial charge in [0.2, 0.25) is 0 Å². The van der Waals surface area contributed by atoms with Crippen molar-refractivity contribution in [2.45, 2.75) is 13.5 Å². The molecule has 0 saturated carbocycles. The summed E-state index contributed by atoms with van der Waals surface area (Å²) >= 11 is 11.0. The summed E-state index contributed by atoms with van der Waals surface area (Å²) in [6, 6.07) is 10.2. The van der Waals surface area contributed by atoms with E-state index in [-0.39, 0.29) is 0 Å². The van der Waals surface area contributed by atoms with Crippen LogP contribution in [0.3, 0.4) is 0 Å². The van der Waals surface area contributed by atoms with Gasteiger partial charge in [-0.3, -0.25) is 0 Å². The molecule has 16 heavy (non-hydrogen) atoms. The molecule has 0 unspecified atom stereocenters. The van der Waals surface area contributed by atoms with E-state index in [2.05, 4.69) is 46.4 Å². The van der Waals surface area contributed by atoms with Gasteiger partial charge >= 0.3 is 0 Å². The second kappa shape index (κ2) is 5.21. The molecule has 0 aliphatic rings. The van der Waals surface area contributed by atoms with Crippen LogP contribution in [0.15, 0.2) is 34.8 Å². The number of benzene rings is 1. The Balaban J connectivity index is 2.04. The number of halogens is 2. The molecule has 2 aromatic rings. The Labute approximate surface area is 113 Å². The van der Waals surface area contributed by atoms with Crippen molar-refractivity contribution in [3.05, 3.63) is 49.6 Å². The molecule has 84 valence electrons. The molecule has 0 amide bonds. The standard InChI is InChI=1S/C12H11BrClNS/c1-8-2-4-11(10(13)6-8)15-7-9-3-5-12(14)16-9/h2-6,15H,7H2,1H3. The topological polar surface area (TPSA) is 12.0 Å². The molecular formula is C12H11BrClNS. The third-order valence-corrected chi connectivity index (χ3v) is 4.09. The molecule has 1 N–H and O–H groups in total. The van der Waals surface area contributed by atoms with E-state index in [1.54, 1.807) is 11.3 Å². The first-order valence-electron chi connectivity index (χ1n) is 4.89. The molecule has 0 spiro atoms. The smallest absolute Gasteiger partial charge is 0.0931 e. The number of nitrogens with one attached hydrogen (secondary N) is 1. The minimum Gasteiger partial charge on any atom is -0.379 e. The first-order chi connectivity index (χ1) is 7.65. The molecule has 0 saturated heterocycles. The van der Waals surface area contributed by atoms with Crippen LogP contribution in [-0.2, 0) is 6.54 Å². The summed E-state index contributed by atoms with van der Waals surface area (Å²) in [5, 5.41) is 3.37. The van der Waals surface area contributed by atoms with Crippen molar-refractivity contribution in [2.24, 2.45) is 0 Å². The van der Waals surface area contributed by atoms with Gasteiger partial charge in [-0.2, -0.15) is 0 Å². The van der Waals surface area contributed by atoms with Crippen LogP contribution in [0, 0.1) is 6.92 Å². The predicted molar refractivity (Wildman–Crippen MR) is 75.5 cm³/mol. The maximum absolute atomic E-state index is 5.88. The number of anilines is 1. The molecule has 2 rings (SSSR count). The van der Waals surface area contributed by atoms with Gasteiger partial charge in [0, 0.05) is 21.6 Å². The van der Waals surface area contributed by atoms with Crippen molar-refractivity contribution in [1.29, 1.82) is 0 Å².